The first-order valence-electron chi connectivity index (χ1n) is 14.0. The molecule has 1 heterocycles. The number of carbonyl (C=O) groups excluding carboxylic acids is 2. The lowest BCUT2D eigenvalue weighted by Crippen LogP contribution is -2.29. The van der Waals surface area contributed by atoms with E-state index in [1.807, 2.05) is 93.5 Å². The molecule has 1 atom stereocenters. The average Bonchev–Trinajstić information content (AvgIpc) is 3.18. The molecule has 1 amide bonds. The van der Waals surface area contributed by atoms with Gasteiger partial charge in [-0.05, 0) is 72.9 Å². The third-order valence-corrected chi connectivity index (χ3v) is 7.21. The van der Waals surface area contributed by atoms with E-state index in [0.717, 1.165) is 33.9 Å². The number of Topliss-reactive ketones (excluding diaryl/α,β-unsaturated/α-hetero) is 1. The summed E-state index contributed by atoms with van der Waals surface area (Å²) >= 11 is 0. The standard InChI is InChI=1S/C34H40N2O5/c1-8-40-26-17-10-22(11-18-26)21-36-30(23-12-15-25(16-13-23)35(6)7)29(32(38)33(36)39)31(37)24-14-19-28(41-9-2)27(20-24)34(3,4)5/h10-20,30,37H,8-9,21H2,1-7H3/b31-29-. The molecule has 41 heavy (non-hydrogen) atoms. The van der Waals surface area contributed by atoms with Crippen molar-refractivity contribution in [3.8, 4) is 11.5 Å². The van der Waals surface area contributed by atoms with Gasteiger partial charge in [0.15, 0.2) is 0 Å². The molecular formula is C34H40N2O5. The Balaban J connectivity index is 1.85. The van der Waals surface area contributed by atoms with Crippen molar-refractivity contribution < 1.29 is 24.2 Å². The molecule has 0 radical (unpaired) electrons. The SMILES string of the molecule is CCOc1ccc(CN2C(=O)C(=O)/C(=C(\O)c3ccc(OCC)c(C(C)(C)C)c3)C2c2ccc(N(C)C)cc2)cc1. The van der Waals surface area contributed by atoms with E-state index in [-0.39, 0.29) is 23.3 Å². The van der Waals surface area contributed by atoms with E-state index in [1.165, 1.54) is 4.90 Å². The summed E-state index contributed by atoms with van der Waals surface area (Å²) in [5.74, 6) is -0.0965. The molecular weight excluding hydrogens is 516 g/mol. The Labute approximate surface area is 243 Å². The molecule has 1 aliphatic heterocycles. The quantitative estimate of drug-likeness (QED) is 0.185. The fraction of sp³-hybridized carbons (Fsp3) is 0.353. The summed E-state index contributed by atoms with van der Waals surface area (Å²) < 4.78 is 11.4. The zero-order valence-corrected chi connectivity index (χ0v) is 25.0. The number of carbonyl (C=O) groups is 2. The molecule has 7 nitrogen and oxygen atoms in total. The Morgan fingerprint density at radius 1 is 0.902 bits per heavy atom. The van der Waals surface area contributed by atoms with Crippen LogP contribution in [-0.2, 0) is 21.5 Å². The van der Waals surface area contributed by atoms with E-state index in [9.17, 15) is 14.7 Å². The predicted molar refractivity (Wildman–Crippen MR) is 163 cm³/mol. The average molecular weight is 557 g/mol. The number of aliphatic hydroxyl groups is 1. The second-order valence-corrected chi connectivity index (χ2v) is 11.4. The molecule has 3 aromatic carbocycles. The van der Waals surface area contributed by atoms with Crippen LogP contribution in [0.25, 0.3) is 5.76 Å². The molecule has 0 spiro atoms. The van der Waals surface area contributed by atoms with Crippen LogP contribution in [0.15, 0.2) is 72.3 Å². The number of amides is 1. The van der Waals surface area contributed by atoms with E-state index in [0.29, 0.717) is 18.8 Å². The number of nitrogens with zero attached hydrogens (tertiary/aromatic N) is 2. The Kier molecular flexibility index (Phi) is 8.76. The van der Waals surface area contributed by atoms with Crippen molar-refractivity contribution in [3.63, 3.8) is 0 Å². The minimum atomic E-state index is -0.762. The van der Waals surface area contributed by atoms with Gasteiger partial charge in [-0.1, -0.05) is 45.0 Å². The highest BCUT2D eigenvalue weighted by Crippen LogP contribution is 2.42. The minimum absolute atomic E-state index is 0.0718. The number of hydrogen-bond acceptors (Lipinski definition) is 6. The zero-order chi connectivity index (χ0) is 29.9. The van der Waals surface area contributed by atoms with Crippen LogP contribution in [0.4, 0.5) is 5.69 Å². The van der Waals surface area contributed by atoms with Crippen molar-refractivity contribution >= 4 is 23.1 Å². The van der Waals surface area contributed by atoms with Crippen LogP contribution in [0, 0.1) is 0 Å². The number of aliphatic hydroxyl groups excluding tert-OH is 1. The van der Waals surface area contributed by atoms with Gasteiger partial charge in [0, 0.05) is 37.5 Å². The number of anilines is 1. The third kappa shape index (κ3) is 6.24. The minimum Gasteiger partial charge on any atom is -0.507 e. The number of likely N-dealkylation sites (tertiary alicyclic amines) is 1. The molecule has 1 fully saturated rings. The Hall–Kier alpha value is -4.26. The van der Waals surface area contributed by atoms with Crippen LogP contribution in [0.3, 0.4) is 0 Å². The van der Waals surface area contributed by atoms with Crippen molar-refractivity contribution in [2.24, 2.45) is 0 Å². The maximum absolute atomic E-state index is 13.6. The topological polar surface area (TPSA) is 79.3 Å². The number of rotatable bonds is 9. The Morgan fingerprint density at radius 2 is 1.54 bits per heavy atom. The maximum atomic E-state index is 13.6. The zero-order valence-electron chi connectivity index (χ0n) is 25.0. The van der Waals surface area contributed by atoms with Crippen molar-refractivity contribution in [1.29, 1.82) is 0 Å². The summed E-state index contributed by atoms with van der Waals surface area (Å²) in [7, 11) is 3.90. The first kappa shape index (κ1) is 29.7. The first-order chi connectivity index (χ1) is 19.5. The molecule has 0 bridgehead atoms. The van der Waals surface area contributed by atoms with Crippen LogP contribution in [-0.4, -0.2) is 49.0 Å². The molecule has 0 saturated carbocycles. The van der Waals surface area contributed by atoms with Crippen molar-refractivity contribution in [2.75, 3.05) is 32.2 Å². The van der Waals surface area contributed by atoms with Gasteiger partial charge in [0.2, 0.25) is 0 Å². The van der Waals surface area contributed by atoms with E-state index < -0.39 is 17.7 Å². The molecule has 1 unspecified atom stereocenters. The summed E-state index contributed by atoms with van der Waals surface area (Å²) in [6.45, 7) is 11.3. The number of ether oxygens (including phenoxy) is 2. The highest BCUT2D eigenvalue weighted by Gasteiger charge is 2.46. The van der Waals surface area contributed by atoms with Gasteiger partial charge in [0.1, 0.15) is 17.3 Å². The highest BCUT2D eigenvalue weighted by molar-refractivity contribution is 6.46. The van der Waals surface area contributed by atoms with Gasteiger partial charge in [-0.3, -0.25) is 9.59 Å². The summed E-state index contributed by atoms with van der Waals surface area (Å²) in [6.07, 6.45) is 0. The van der Waals surface area contributed by atoms with E-state index in [2.05, 4.69) is 20.8 Å². The largest absolute Gasteiger partial charge is 0.507 e. The summed E-state index contributed by atoms with van der Waals surface area (Å²) in [5, 5.41) is 11.7. The van der Waals surface area contributed by atoms with Crippen molar-refractivity contribution in [1.82, 2.24) is 4.90 Å². The second kappa shape index (κ2) is 12.1. The molecule has 0 aliphatic carbocycles. The number of ketones is 1. The normalized spacial score (nSPS) is 16.7. The van der Waals surface area contributed by atoms with Gasteiger partial charge in [0.05, 0.1) is 24.8 Å². The van der Waals surface area contributed by atoms with Crippen LogP contribution in [0.2, 0.25) is 0 Å². The first-order valence-corrected chi connectivity index (χ1v) is 14.0. The molecule has 7 heteroatoms. The summed E-state index contributed by atoms with van der Waals surface area (Å²) in [6, 6.07) is 19.8. The van der Waals surface area contributed by atoms with Crippen LogP contribution in [0.1, 0.15) is 62.9 Å². The lowest BCUT2D eigenvalue weighted by Gasteiger charge is -2.26. The molecule has 4 rings (SSSR count). The van der Waals surface area contributed by atoms with Gasteiger partial charge < -0.3 is 24.4 Å². The van der Waals surface area contributed by atoms with E-state index >= 15 is 0 Å². The summed E-state index contributed by atoms with van der Waals surface area (Å²) in [4.78, 5) is 30.7. The number of hydrogen-bond donors (Lipinski definition) is 1. The highest BCUT2D eigenvalue weighted by atomic mass is 16.5. The molecule has 0 aromatic heterocycles. The van der Waals surface area contributed by atoms with Crippen molar-refractivity contribution in [2.45, 2.75) is 52.6 Å². The van der Waals surface area contributed by atoms with Gasteiger partial charge in [0.25, 0.3) is 11.7 Å². The van der Waals surface area contributed by atoms with Crippen LogP contribution in [0.5, 0.6) is 11.5 Å². The number of benzene rings is 3. The van der Waals surface area contributed by atoms with E-state index in [1.54, 1.807) is 6.07 Å². The lowest BCUT2D eigenvalue weighted by atomic mass is 9.84. The van der Waals surface area contributed by atoms with Gasteiger partial charge in [-0.15, -0.1) is 0 Å². The maximum Gasteiger partial charge on any atom is 0.295 e. The molecule has 1 saturated heterocycles. The fourth-order valence-corrected chi connectivity index (χ4v) is 5.10. The molecule has 1 aliphatic rings. The molecule has 1 N–H and O–H groups in total. The van der Waals surface area contributed by atoms with E-state index in [4.69, 9.17) is 9.47 Å². The van der Waals surface area contributed by atoms with Crippen molar-refractivity contribution in [3.05, 3.63) is 94.6 Å². The summed E-state index contributed by atoms with van der Waals surface area (Å²) in [5.41, 5.74) is 3.74. The van der Waals surface area contributed by atoms with Gasteiger partial charge in [-0.2, -0.15) is 0 Å². The lowest BCUT2D eigenvalue weighted by molar-refractivity contribution is -0.140. The smallest absolute Gasteiger partial charge is 0.295 e. The monoisotopic (exact) mass is 556 g/mol. The molecule has 3 aromatic rings. The van der Waals surface area contributed by atoms with Crippen LogP contribution < -0.4 is 14.4 Å². The Morgan fingerprint density at radius 3 is 2.10 bits per heavy atom. The predicted octanol–water partition coefficient (Wildman–Crippen LogP) is 6.47. The van der Waals surface area contributed by atoms with Crippen LogP contribution >= 0.6 is 0 Å². The molecule has 216 valence electrons. The third-order valence-electron chi connectivity index (χ3n) is 7.21. The fourth-order valence-electron chi connectivity index (χ4n) is 5.10. The second-order valence-electron chi connectivity index (χ2n) is 11.4. The van der Waals surface area contributed by atoms with Gasteiger partial charge >= 0.3 is 0 Å². The Bertz CT molecular complexity index is 1430. The van der Waals surface area contributed by atoms with Gasteiger partial charge in [-0.25, -0.2) is 0 Å².